The van der Waals surface area contributed by atoms with Gasteiger partial charge in [0.25, 0.3) is 0 Å². The van der Waals surface area contributed by atoms with E-state index in [-0.39, 0.29) is 0 Å². The van der Waals surface area contributed by atoms with Gasteiger partial charge in [0.05, 0.1) is 6.17 Å². The summed E-state index contributed by atoms with van der Waals surface area (Å²) in [6.45, 7) is 1.99. The van der Waals surface area contributed by atoms with Gasteiger partial charge in [-0.2, -0.15) is 0 Å². The normalized spacial score (nSPS) is 11.4. The Morgan fingerprint density at radius 2 is 1.92 bits per heavy atom. The Kier molecular flexibility index (Phi) is 1.83. The number of hydrogen-bond acceptors (Lipinski definition) is 2. The van der Waals surface area contributed by atoms with E-state index < -0.39 is 6.17 Å². The fourth-order valence-corrected chi connectivity index (χ4v) is 1.73. The highest BCUT2D eigenvalue weighted by Crippen LogP contribution is 2.23. The van der Waals surface area contributed by atoms with Gasteiger partial charge in [-0.15, -0.1) is 0 Å². The summed E-state index contributed by atoms with van der Waals surface area (Å²) in [5, 5.41) is 1.12. The molecule has 68 valence electrons. The first kappa shape index (κ1) is 8.29. The number of benzene rings is 1. The summed E-state index contributed by atoms with van der Waals surface area (Å²) < 4.78 is 0. The van der Waals surface area contributed by atoms with E-state index in [4.69, 9.17) is 11.5 Å². The van der Waals surface area contributed by atoms with Crippen LogP contribution in [0.15, 0.2) is 24.3 Å². The summed E-state index contributed by atoms with van der Waals surface area (Å²) in [5.41, 5.74) is 14.5. The Balaban J connectivity index is 2.78. The average molecular weight is 175 g/mol. The zero-order valence-electron chi connectivity index (χ0n) is 7.54. The molecule has 0 saturated heterocycles. The number of aryl methyl sites for hydroxylation is 1. The van der Waals surface area contributed by atoms with Crippen molar-refractivity contribution in [3.8, 4) is 0 Å². The Bertz CT molecular complexity index is 429. The number of rotatable bonds is 1. The molecule has 0 atom stereocenters. The van der Waals surface area contributed by atoms with E-state index in [1.807, 2.05) is 31.2 Å². The van der Waals surface area contributed by atoms with E-state index in [0.29, 0.717) is 0 Å². The van der Waals surface area contributed by atoms with Crippen molar-refractivity contribution in [2.24, 2.45) is 11.5 Å². The molecule has 3 heteroatoms. The Hall–Kier alpha value is -1.32. The second-order valence-corrected chi connectivity index (χ2v) is 3.24. The standard InChI is InChI=1S/C10H13N3/c1-6-9(10(11)12)7-4-2-3-5-8(7)13-6/h2-5,10,13H,11-12H2,1H3. The Morgan fingerprint density at radius 3 is 2.62 bits per heavy atom. The third-order valence-corrected chi connectivity index (χ3v) is 2.28. The summed E-state index contributed by atoms with van der Waals surface area (Å²) in [6.07, 6.45) is -0.406. The van der Waals surface area contributed by atoms with Gasteiger partial charge in [-0.1, -0.05) is 18.2 Å². The Labute approximate surface area is 76.7 Å². The van der Waals surface area contributed by atoms with Crippen LogP contribution in [-0.4, -0.2) is 4.98 Å². The van der Waals surface area contributed by atoms with Gasteiger partial charge in [0, 0.05) is 22.2 Å². The number of nitrogens with two attached hydrogens (primary N) is 2. The highest BCUT2D eigenvalue weighted by molar-refractivity contribution is 5.84. The zero-order chi connectivity index (χ0) is 9.42. The number of nitrogens with one attached hydrogen (secondary N) is 1. The minimum atomic E-state index is -0.406. The largest absolute Gasteiger partial charge is 0.358 e. The molecule has 2 rings (SSSR count). The lowest BCUT2D eigenvalue weighted by Crippen LogP contribution is -2.20. The summed E-state index contributed by atoms with van der Waals surface area (Å²) >= 11 is 0. The van der Waals surface area contributed by atoms with Crippen LogP contribution in [0.2, 0.25) is 0 Å². The van der Waals surface area contributed by atoms with Crippen LogP contribution < -0.4 is 11.5 Å². The minimum absolute atomic E-state index is 0.406. The summed E-state index contributed by atoms with van der Waals surface area (Å²) in [7, 11) is 0. The highest BCUT2D eigenvalue weighted by Gasteiger charge is 2.10. The molecule has 13 heavy (non-hydrogen) atoms. The van der Waals surface area contributed by atoms with Crippen LogP contribution in [-0.2, 0) is 0 Å². The van der Waals surface area contributed by atoms with Crippen molar-refractivity contribution in [1.29, 1.82) is 0 Å². The number of para-hydroxylation sites is 1. The van der Waals surface area contributed by atoms with Gasteiger partial charge in [0.1, 0.15) is 0 Å². The zero-order valence-corrected chi connectivity index (χ0v) is 7.54. The molecule has 0 aliphatic heterocycles. The van der Waals surface area contributed by atoms with Crippen LogP contribution in [0.5, 0.6) is 0 Å². The first-order valence-corrected chi connectivity index (χ1v) is 4.28. The third-order valence-electron chi connectivity index (χ3n) is 2.28. The number of aromatic amines is 1. The summed E-state index contributed by atoms with van der Waals surface area (Å²) in [4.78, 5) is 3.25. The highest BCUT2D eigenvalue weighted by atomic mass is 14.9. The SMILES string of the molecule is Cc1[nH]c2ccccc2c1C(N)N. The van der Waals surface area contributed by atoms with E-state index >= 15 is 0 Å². The van der Waals surface area contributed by atoms with Crippen molar-refractivity contribution >= 4 is 10.9 Å². The van der Waals surface area contributed by atoms with E-state index in [1.54, 1.807) is 0 Å². The lowest BCUT2D eigenvalue weighted by molar-refractivity contribution is 0.773. The Morgan fingerprint density at radius 1 is 1.23 bits per heavy atom. The molecule has 0 amide bonds. The fraction of sp³-hybridized carbons (Fsp3) is 0.200. The van der Waals surface area contributed by atoms with E-state index in [2.05, 4.69) is 4.98 Å². The predicted octanol–water partition coefficient (Wildman–Crippen LogP) is 1.39. The molecule has 1 heterocycles. The van der Waals surface area contributed by atoms with Crippen molar-refractivity contribution < 1.29 is 0 Å². The molecule has 1 aromatic heterocycles. The third kappa shape index (κ3) is 1.22. The number of hydrogen-bond donors (Lipinski definition) is 3. The topological polar surface area (TPSA) is 67.8 Å². The average Bonchev–Trinajstić information content (AvgIpc) is 2.39. The van der Waals surface area contributed by atoms with Crippen molar-refractivity contribution in [1.82, 2.24) is 4.98 Å². The van der Waals surface area contributed by atoms with Gasteiger partial charge in [-0.05, 0) is 13.0 Å². The van der Waals surface area contributed by atoms with Crippen molar-refractivity contribution in [2.75, 3.05) is 0 Å². The molecule has 2 aromatic rings. The quantitative estimate of drug-likeness (QED) is 0.573. The second-order valence-electron chi connectivity index (χ2n) is 3.24. The maximum Gasteiger partial charge on any atom is 0.0808 e. The first-order chi connectivity index (χ1) is 6.20. The minimum Gasteiger partial charge on any atom is -0.358 e. The lowest BCUT2D eigenvalue weighted by Gasteiger charge is -2.04. The van der Waals surface area contributed by atoms with Gasteiger partial charge in [0.15, 0.2) is 0 Å². The monoisotopic (exact) mass is 175 g/mol. The molecule has 5 N–H and O–H groups in total. The molecule has 0 fully saturated rings. The molecule has 0 aliphatic rings. The summed E-state index contributed by atoms with van der Waals surface area (Å²) in [5.74, 6) is 0. The molecule has 1 aromatic carbocycles. The molecule has 0 unspecified atom stereocenters. The fourth-order valence-electron chi connectivity index (χ4n) is 1.73. The van der Waals surface area contributed by atoms with Gasteiger partial charge in [-0.25, -0.2) is 0 Å². The molecule has 0 spiro atoms. The van der Waals surface area contributed by atoms with Crippen molar-refractivity contribution in [3.05, 3.63) is 35.5 Å². The lowest BCUT2D eigenvalue weighted by atomic mass is 10.1. The van der Waals surface area contributed by atoms with Crippen molar-refractivity contribution in [3.63, 3.8) is 0 Å². The van der Waals surface area contributed by atoms with Crippen LogP contribution >= 0.6 is 0 Å². The number of fused-ring (bicyclic) bond motifs is 1. The number of aromatic nitrogens is 1. The van der Waals surface area contributed by atoms with Crippen LogP contribution in [0, 0.1) is 6.92 Å². The van der Waals surface area contributed by atoms with Crippen LogP contribution in [0.25, 0.3) is 10.9 Å². The molecule has 0 radical (unpaired) electrons. The molecular formula is C10H13N3. The first-order valence-electron chi connectivity index (χ1n) is 4.28. The van der Waals surface area contributed by atoms with Gasteiger partial charge in [0.2, 0.25) is 0 Å². The molecular weight excluding hydrogens is 162 g/mol. The summed E-state index contributed by atoms with van der Waals surface area (Å²) in [6, 6.07) is 8.03. The maximum atomic E-state index is 5.68. The van der Waals surface area contributed by atoms with Crippen molar-refractivity contribution in [2.45, 2.75) is 13.1 Å². The molecule has 0 bridgehead atoms. The van der Waals surface area contributed by atoms with Crippen LogP contribution in [0.4, 0.5) is 0 Å². The second kappa shape index (κ2) is 2.87. The maximum absolute atomic E-state index is 5.68. The van der Waals surface area contributed by atoms with Gasteiger partial charge in [-0.3, -0.25) is 0 Å². The predicted molar refractivity (Wildman–Crippen MR) is 54.2 cm³/mol. The van der Waals surface area contributed by atoms with E-state index in [0.717, 1.165) is 22.2 Å². The molecule has 0 saturated carbocycles. The van der Waals surface area contributed by atoms with Gasteiger partial charge >= 0.3 is 0 Å². The van der Waals surface area contributed by atoms with Crippen LogP contribution in [0.1, 0.15) is 17.4 Å². The smallest absolute Gasteiger partial charge is 0.0808 e. The molecule has 0 aliphatic carbocycles. The molecule has 3 nitrogen and oxygen atoms in total. The van der Waals surface area contributed by atoms with Gasteiger partial charge < -0.3 is 16.5 Å². The number of H-pyrrole nitrogens is 1. The van der Waals surface area contributed by atoms with Crippen LogP contribution in [0.3, 0.4) is 0 Å². The van der Waals surface area contributed by atoms with E-state index in [9.17, 15) is 0 Å². The van der Waals surface area contributed by atoms with E-state index in [1.165, 1.54) is 0 Å².